The van der Waals surface area contributed by atoms with Crippen molar-refractivity contribution in [2.75, 3.05) is 0 Å². The molecule has 2 aromatic heterocycles. The first-order chi connectivity index (χ1) is 10.8. The van der Waals surface area contributed by atoms with Crippen LogP contribution in [-0.2, 0) is 24.3 Å². The minimum Gasteiger partial charge on any atom is -0.350 e. The third-order valence-corrected chi connectivity index (χ3v) is 4.38. The lowest BCUT2D eigenvalue weighted by molar-refractivity contribution is -0.120. The molecule has 3 rings (SSSR count). The summed E-state index contributed by atoms with van der Waals surface area (Å²) in [5, 5.41) is 4.99. The van der Waals surface area contributed by atoms with E-state index in [1.807, 2.05) is 54.0 Å². The van der Waals surface area contributed by atoms with Crippen molar-refractivity contribution < 1.29 is 4.79 Å². The number of thiophene rings is 1. The van der Waals surface area contributed by atoms with E-state index < -0.39 is 0 Å². The van der Waals surface area contributed by atoms with Crippen LogP contribution in [0, 0.1) is 0 Å². The second kappa shape index (κ2) is 7.09. The Labute approximate surface area is 134 Å². The molecule has 0 atom stereocenters. The summed E-state index contributed by atoms with van der Waals surface area (Å²) in [4.78, 5) is 13.1. The van der Waals surface area contributed by atoms with E-state index in [9.17, 15) is 4.79 Å². The number of carbonyl (C=O) groups is 1. The van der Waals surface area contributed by atoms with Gasteiger partial charge in [-0.3, -0.25) is 4.79 Å². The van der Waals surface area contributed by atoms with Crippen LogP contribution in [0.25, 0.3) is 0 Å². The number of benzene rings is 1. The van der Waals surface area contributed by atoms with Crippen LogP contribution in [0.3, 0.4) is 0 Å². The summed E-state index contributed by atoms with van der Waals surface area (Å²) in [7, 11) is 0. The van der Waals surface area contributed by atoms with Crippen LogP contribution >= 0.6 is 11.3 Å². The lowest BCUT2D eigenvalue weighted by Crippen LogP contribution is -2.25. The molecule has 0 aliphatic carbocycles. The summed E-state index contributed by atoms with van der Waals surface area (Å²) < 4.78 is 2.17. The molecular formula is C18H18N2OS. The van der Waals surface area contributed by atoms with E-state index in [1.165, 1.54) is 5.56 Å². The molecule has 2 heterocycles. The first-order valence-corrected chi connectivity index (χ1v) is 8.16. The summed E-state index contributed by atoms with van der Waals surface area (Å²) in [5.74, 6) is 0.0647. The Balaban J connectivity index is 1.57. The molecule has 0 bridgehead atoms. The van der Waals surface area contributed by atoms with Crippen LogP contribution in [0.2, 0.25) is 0 Å². The van der Waals surface area contributed by atoms with Gasteiger partial charge in [0.25, 0.3) is 0 Å². The van der Waals surface area contributed by atoms with Crippen molar-refractivity contribution in [3.63, 3.8) is 0 Å². The lowest BCUT2D eigenvalue weighted by Gasteiger charge is -2.10. The molecule has 0 fully saturated rings. The standard InChI is InChI=1S/C18H18N2OS/c21-18(12-17-9-5-11-22-17)19-13-16-8-4-10-20(16)14-15-6-2-1-3-7-15/h1-11H,12-14H2,(H,19,21). The van der Waals surface area contributed by atoms with Gasteiger partial charge in [-0.1, -0.05) is 36.4 Å². The van der Waals surface area contributed by atoms with Gasteiger partial charge in [0.2, 0.25) is 5.91 Å². The molecule has 22 heavy (non-hydrogen) atoms. The first-order valence-electron chi connectivity index (χ1n) is 7.28. The Morgan fingerprint density at radius 2 is 1.91 bits per heavy atom. The molecule has 0 saturated heterocycles. The van der Waals surface area contributed by atoms with E-state index >= 15 is 0 Å². The lowest BCUT2D eigenvalue weighted by atomic mass is 10.2. The highest BCUT2D eigenvalue weighted by atomic mass is 32.1. The number of aromatic nitrogens is 1. The largest absolute Gasteiger partial charge is 0.350 e. The molecule has 0 saturated carbocycles. The number of carbonyl (C=O) groups excluding carboxylic acids is 1. The Bertz CT molecular complexity index is 717. The predicted molar refractivity (Wildman–Crippen MR) is 89.8 cm³/mol. The smallest absolute Gasteiger partial charge is 0.225 e. The molecule has 3 nitrogen and oxygen atoms in total. The highest BCUT2D eigenvalue weighted by Crippen LogP contribution is 2.10. The number of hydrogen-bond donors (Lipinski definition) is 1. The van der Waals surface area contributed by atoms with Crippen LogP contribution in [0.4, 0.5) is 0 Å². The van der Waals surface area contributed by atoms with Crippen LogP contribution in [0.15, 0.2) is 66.2 Å². The molecular weight excluding hydrogens is 292 g/mol. The fourth-order valence-electron chi connectivity index (χ4n) is 2.37. The zero-order chi connectivity index (χ0) is 15.2. The van der Waals surface area contributed by atoms with E-state index in [-0.39, 0.29) is 5.91 Å². The molecule has 4 heteroatoms. The van der Waals surface area contributed by atoms with Crippen molar-refractivity contribution in [2.24, 2.45) is 0 Å². The van der Waals surface area contributed by atoms with Crippen LogP contribution < -0.4 is 5.32 Å². The van der Waals surface area contributed by atoms with Crippen LogP contribution in [-0.4, -0.2) is 10.5 Å². The Morgan fingerprint density at radius 1 is 1.05 bits per heavy atom. The number of amides is 1. The predicted octanol–water partition coefficient (Wildman–Crippen LogP) is 3.46. The average molecular weight is 310 g/mol. The summed E-state index contributed by atoms with van der Waals surface area (Å²) in [6.45, 7) is 1.38. The Morgan fingerprint density at radius 3 is 2.68 bits per heavy atom. The second-order valence-electron chi connectivity index (χ2n) is 5.15. The van der Waals surface area contributed by atoms with Gasteiger partial charge in [0.15, 0.2) is 0 Å². The number of nitrogens with zero attached hydrogens (tertiary/aromatic N) is 1. The monoisotopic (exact) mass is 310 g/mol. The third kappa shape index (κ3) is 3.86. The molecule has 0 spiro atoms. The number of rotatable bonds is 6. The van der Waals surface area contributed by atoms with Crippen molar-refractivity contribution in [3.05, 3.63) is 82.3 Å². The number of hydrogen-bond acceptors (Lipinski definition) is 2. The van der Waals surface area contributed by atoms with Gasteiger partial charge in [0.05, 0.1) is 13.0 Å². The molecule has 0 unspecified atom stereocenters. The average Bonchev–Trinajstić information content (AvgIpc) is 3.18. The molecule has 112 valence electrons. The van der Waals surface area contributed by atoms with E-state index in [1.54, 1.807) is 11.3 Å². The molecule has 1 N–H and O–H groups in total. The van der Waals surface area contributed by atoms with Gasteiger partial charge < -0.3 is 9.88 Å². The van der Waals surface area contributed by atoms with E-state index in [0.717, 1.165) is 17.1 Å². The summed E-state index contributed by atoms with van der Waals surface area (Å²) in [5.41, 5.74) is 2.37. The molecule has 0 aliphatic rings. The summed E-state index contributed by atoms with van der Waals surface area (Å²) in [6.07, 6.45) is 2.50. The van der Waals surface area contributed by atoms with Crippen molar-refractivity contribution >= 4 is 17.2 Å². The van der Waals surface area contributed by atoms with E-state index in [2.05, 4.69) is 22.0 Å². The van der Waals surface area contributed by atoms with Gasteiger partial charge in [0.1, 0.15) is 0 Å². The minimum atomic E-state index is 0.0647. The maximum atomic E-state index is 12.0. The fraction of sp³-hybridized carbons (Fsp3) is 0.167. The Kier molecular flexibility index (Phi) is 4.71. The zero-order valence-electron chi connectivity index (χ0n) is 12.2. The zero-order valence-corrected chi connectivity index (χ0v) is 13.1. The van der Waals surface area contributed by atoms with Crippen LogP contribution in [0.5, 0.6) is 0 Å². The third-order valence-electron chi connectivity index (χ3n) is 3.50. The van der Waals surface area contributed by atoms with Gasteiger partial charge in [-0.05, 0) is 29.1 Å². The van der Waals surface area contributed by atoms with Gasteiger partial charge in [-0.15, -0.1) is 11.3 Å². The summed E-state index contributed by atoms with van der Waals surface area (Å²) >= 11 is 1.61. The van der Waals surface area contributed by atoms with Crippen LogP contribution in [0.1, 0.15) is 16.1 Å². The molecule has 0 radical (unpaired) electrons. The van der Waals surface area contributed by atoms with Gasteiger partial charge in [0, 0.05) is 23.3 Å². The van der Waals surface area contributed by atoms with Crippen molar-refractivity contribution in [3.8, 4) is 0 Å². The highest BCUT2D eigenvalue weighted by molar-refractivity contribution is 7.10. The molecule has 1 aromatic carbocycles. The number of nitrogens with one attached hydrogen (secondary N) is 1. The van der Waals surface area contributed by atoms with Gasteiger partial charge >= 0.3 is 0 Å². The molecule has 1 amide bonds. The Hall–Kier alpha value is -2.33. The van der Waals surface area contributed by atoms with Gasteiger partial charge in [-0.25, -0.2) is 0 Å². The normalized spacial score (nSPS) is 10.5. The fourth-order valence-corrected chi connectivity index (χ4v) is 3.07. The molecule has 0 aliphatic heterocycles. The topological polar surface area (TPSA) is 34.0 Å². The van der Waals surface area contributed by atoms with E-state index in [4.69, 9.17) is 0 Å². The maximum Gasteiger partial charge on any atom is 0.225 e. The van der Waals surface area contributed by atoms with Crippen molar-refractivity contribution in [1.82, 2.24) is 9.88 Å². The van der Waals surface area contributed by atoms with Crippen molar-refractivity contribution in [1.29, 1.82) is 0 Å². The maximum absolute atomic E-state index is 12.0. The highest BCUT2D eigenvalue weighted by Gasteiger charge is 2.06. The summed E-state index contributed by atoms with van der Waals surface area (Å²) in [6, 6.07) is 18.4. The van der Waals surface area contributed by atoms with E-state index in [0.29, 0.717) is 13.0 Å². The van der Waals surface area contributed by atoms with Crippen molar-refractivity contribution in [2.45, 2.75) is 19.5 Å². The second-order valence-corrected chi connectivity index (χ2v) is 6.18. The minimum absolute atomic E-state index is 0.0647. The first kappa shape index (κ1) is 14.6. The molecule has 3 aromatic rings. The quantitative estimate of drug-likeness (QED) is 0.743. The van der Waals surface area contributed by atoms with Gasteiger partial charge in [-0.2, -0.15) is 0 Å². The SMILES string of the molecule is O=C(Cc1cccs1)NCc1cccn1Cc1ccccc1.